The average molecular weight is 366 g/mol. The van der Waals surface area contributed by atoms with Crippen LogP contribution in [0.15, 0.2) is 0 Å². The molecule has 144 valence electrons. The van der Waals surface area contributed by atoms with Crippen molar-refractivity contribution in [2.75, 3.05) is 6.61 Å². The second kappa shape index (κ2) is 5.79. The predicted octanol–water partition coefficient (Wildman–Crippen LogP) is 3.77. The van der Waals surface area contributed by atoms with Crippen molar-refractivity contribution in [1.29, 1.82) is 0 Å². The van der Waals surface area contributed by atoms with E-state index in [1.165, 1.54) is 0 Å². The average Bonchev–Trinajstić information content (AvgIpc) is 2.75. The Hall–Kier alpha value is -0.410. The molecule has 2 bridgehead atoms. The van der Waals surface area contributed by atoms with Crippen LogP contribution in [0.25, 0.3) is 0 Å². The van der Waals surface area contributed by atoms with Gasteiger partial charge in [-0.1, -0.05) is 13.8 Å². The third-order valence-corrected chi connectivity index (χ3v) is 6.51. The van der Waals surface area contributed by atoms with Crippen LogP contribution in [0.3, 0.4) is 0 Å². The van der Waals surface area contributed by atoms with Crippen LogP contribution < -0.4 is 0 Å². The summed E-state index contributed by atoms with van der Waals surface area (Å²) in [5.41, 5.74) is -0.773. The zero-order valence-corrected chi connectivity index (χ0v) is 14.7. The van der Waals surface area contributed by atoms with Crippen molar-refractivity contribution in [3.63, 3.8) is 0 Å². The molecule has 1 aliphatic carbocycles. The maximum atomic E-state index is 12.6. The van der Waals surface area contributed by atoms with Gasteiger partial charge in [0.05, 0.1) is 0 Å². The molecule has 5 rings (SSSR count). The van der Waals surface area contributed by atoms with E-state index in [1.54, 1.807) is 6.92 Å². The van der Waals surface area contributed by atoms with Gasteiger partial charge in [-0.3, -0.25) is 0 Å². The number of hydrogen-bond donors (Lipinski definition) is 0. The first-order chi connectivity index (χ1) is 11.6. The molecule has 0 aromatic carbocycles. The van der Waals surface area contributed by atoms with Crippen molar-refractivity contribution < 1.29 is 37.2 Å². The second-order valence-electron chi connectivity index (χ2n) is 8.20. The van der Waals surface area contributed by atoms with Gasteiger partial charge in [-0.2, -0.15) is 13.2 Å². The van der Waals surface area contributed by atoms with Crippen molar-refractivity contribution in [2.45, 2.75) is 76.6 Å². The van der Waals surface area contributed by atoms with E-state index in [4.69, 9.17) is 24.0 Å². The molecule has 1 saturated carbocycles. The Morgan fingerprint density at radius 1 is 1.08 bits per heavy atom. The molecule has 1 unspecified atom stereocenters. The molecule has 1 spiro atoms. The van der Waals surface area contributed by atoms with Gasteiger partial charge in [-0.15, -0.1) is 0 Å². The lowest BCUT2D eigenvalue weighted by Gasteiger charge is -2.60. The maximum absolute atomic E-state index is 12.6. The van der Waals surface area contributed by atoms with Crippen molar-refractivity contribution in [3.05, 3.63) is 0 Å². The monoisotopic (exact) mass is 366 g/mol. The summed E-state index contributed by atoms with van der Waals surface area (Å²) in [5.74, 6) is -0.620. The first-order valence-corrected chi connectivity index (χ1v) is 9.03. The van der Waals surface area contributed by atoms with Crippen LogP contribution in [-0.4, -0.2) is 36.8 Å². The normalized spacial score (nSPS) is 52.6. The van der Waals surface area contributed by atoms with E-state index in [-0.39, 0.29) is 17.8 Å². The van der Waals surface area contributed by atoms with E-state index in [0.717, 1.165) is 19.3 Å². The standard InChI is InChI=1S/C17H25F3O5/c1-9-4-5-12-10(2)13(21-8-16(18,19)20)22-14-17(12)11(9)6-7-15(3,23-14)24-25-17/h9-14H,4-8H2,1-3H3/t9-,10-,11+,12+,13+,14?,15-,17-/m1/s1. The van der Waals surface area contributed by atoms with Crippen LogP contribution in [0.5, 0.6) is 0 Å². The lowest BCUT2D eigenvalue weighted by atomic mass is 9.58. The Labute approximate surface area is 145 Å². The molecule has 5 fully saturated rings. The second-order valence-corrected chi connectivity index (χ2v) is 8.20. The molecule has 0 radical (unpaired) electrons. The number of fused-ring (bicyclic) bond motifs is 2. The summed E-state index contributed by atoms with van der Waals surface area (Å²) in [4.78, 5) is 11.6. The molecule has 0 aromatic heterocycles. The Morgan fingerprint density at radius 2 is 1.84 bits per heavy atom. The molecule has 0 aromatic rings. The topological polar surface area (TPSA) is 46.2 Å². The van der Waals surface area contributed by atoms with Gasteiger partial charge in [-0.25, -0.2) is 9.78 Å². The number of ether oxygens (including phenoxy) is 3. The van der Waals surface area contributed by atoms with Gasteiger partial charge >= 0.3 is 6.18 Å². The SMILES string of the molecule is C[C@H]1[C@@H](OCC(F)(F)F)OC2O[C@@]3(C)CC[C@H]4[C@H](C)CC[C@@H]1[C@@]24OO3. The molecule has 0 amide bonds. The zero-order chi connectivity index (χ0) is 18.0. The van der Waals surface area contributed by atoms with E-state index < -0.39 is 36.8 Å². The molecule has 0 N–H and O–H groups in total. The van der Waals surface area contributed by atoms with Crippen LogP contribution in [0.1, 0.15) is 46.5 Å². The van der Waals surface area contributed by atoms with Gasteiger partial charge in [0.25, 0.3) is 0 Å². The van der Waals surface area contributed by atoms with Crippen molar-refractivity contribution >= 4 is 0 Å². The van der Waals surface area contributed by atoms with Gasteiger partial charge < -0.3 is 14.2 Å². The fourth-order valence-corrected chi connectivity index (χ4v) is 5.24. The molecule has 5 aliphatic rings. The van der Waals surface area contributed by atoms with Gasteiger partial charge in [0.1, 0.15) is 6.61 Å². The van der Waals surface area contributed by atoms with Crippen molar-refractivity contribution in [1.82, 2.24) is 0 Å². The molecular weight excluding hydrogens is 341 g/mol. The van der Waals surface area contributed by atoms with E-state index in [1.807, 2.05) is 6.92 Å². The molecule has 4 saturated heterocycles. The number of halogens is 3. The highest BCUT2D eigenvalue weighted by Crippen LogP contribution is 2.60. The molecule has 25 heavy (non-hydrogen) atoms. The fraction of sp³-hybridized carbons (Fsp3) is 1.00. The Bertz CT molecular complexity index is 529. The van der Waals surface area contributed by atoms with Gasteiger partial charge in [0, 0.05) is 18.3 Å². The summed E-state index contributed by atoms with van der Waals surface area (Å²) < 4.78 is 54.8. The first-order valence-electron chi connectivity index (χ1n) is 9.03. The van der Waals surface area contributed by atoms with Crippen LogP contribution in [-0.2, 0) is 24.0 Å². The summed E-state index contributed by atoms with van der Waals surface area (Å²) in [5, 5.41) is 0. The Balaban J connectivity index is 1.65. The first kappa shape index (κ1) is 18.0. The minimum absolute atomic E-state index is 0.0340. The molecule has 8 heteroatoms. The fourth-order valence-electron chi connectivity index (χ4n) is 5.24. The number of rotatable bonds is 2. The summed E-state index contributed by atoms with van der Waals surface area (Å²) in [7, 11) is 0. The molecule has 5 nitrogen and oxygen atoms in total. The van der Waals surface area contributed by atoms with Crippen LogP contribution >= 0.6 is 0 Å². The van der Waals surface area contributed by atoms with Crippen molar-refractivity contribution in [3.8, 4) is 0 Å². The Kier molecular flexibility index (Phi) is 4.16. The smallest absolute Gasteiger partial charge is 0.343 e. The quantitative estimate of drug-likeness (QED) is 0.696. The van der Waals surface area contributed by atoms with Crippen LogP contribution in [0, 0.1) is 23.7 Å². The minimum Gasteiger partial charge on any atom is -0.343 e. The lowest BCUT2D eigenvalue weighted by molar-refractivity contribution is -0.578. The van der Waals surface area contributed by atoms with E-state index in [0.29, 0.717) is 12.3 Å². The largest absolute Gasteiger partial charge is 0.411 e. The third-order valence-electron chi connectivity index (χ3n) is 6.51. The maximum Gasteiger partial charge on any atom is 0.411 e. The highest BCUT2D eigenvalue weighted by molar-refractivity contribution is 5.09. The van der Waals surface area contributed by atoms with Gasteiger partial charge in [0.15, 0.2) is 18.2 Å². The highest BCUT2D eigenvalue weighted by Gasteiger charge is 2.69. The number of alkyl halides is 3. The Morgan fingerprint density at radius 3 is 2.56 bits per heavy atom. The zero-order valence-electron chi connectivity index (χ0n) is 14.7. The van der Waals surface area contributed by atoms with Crippen LogP contribution in [0.4, 0.5) is 13.2 Å². The van der Waals surface area contributed by atoms with Crippen molar-refractivity contribution in [2.24, 2.45) is 23.7 Å². The highest BCUT2D eigenvalue weighted by atomic mass is 19.4. The minimum atomic E-state index is -4.39. The van der Waals surface area contributed by atoms with E-state index in [2.05, 4.69) is 6.92 Å². The summed E-state index contributed by atoms with van der Waals surface area (Å²) in [6.45, 7) is 4.51. The number of hydrogen-bond acceptors (Lipinski definition) is 5. The van der Waals surface area contributed by atoms with Gasteiger partial charge in [-0.05, 0) is 38.0 Å². The van der Waals surface area contributed by atoms with E-state index >= 15 is 0 Å². The predicted molar refractivity (Wildman–Crippen MR) is 78.8 cm³/mol. The lowest BCUT2D eigenvalue weighted by Crippen LogP contribution is -2.70. The molecule has 4 aliphatic heterocycles. The summed E-state index contributed by atoms with van der Waals surface area (Å²) in [6, 6.07) is 0. The summed E-state index contributed by atoms with van der Waals surface area (Å²) >= 11 is 0. The van der Waals surface area contributed by atoms with E-state index in [9.17, 15) is 13.2 Å². The third kappa shape index (κ3) is 2.81. The molecule has 8 atom stereocenters. The summed E-state index contributed by atoms with van der Waals surface area (Å²) in [6.07, 6.45) is -2.76. The molecule has 4 heterocycles. The molecular formula is C17H25F3O5. The van der Waals surface area contributed by atoms with Gasteiger partial charge in [0.2, 0.25) is 5.79 Å². The van der Waals surface area contributed by atoms with Crippen LogP contribution in [0.2, 0.25) is 0 Å².